The van der Waals surface area contributed by atoms with Gasteiger partial charge >= 0.3 is 7.12 Å². The molecule has 0 aliphatic heterocycles. The number of rotatable bonds is 1. The van der Waals surface area contributed by atoms with E-state index in [1.165, 1.54) is 12.4 Å². The van der Waals surface area contributed by atoms with Crippen LogP contribution in [0, 0.1) is 5.82 Å². The fourth-order valence-electron chi connectivity index (χ4n) is 1.18. The Bertz CT molecular complexity index is 443. The van der Waals surface area contributed by atoms with Crippen LogP contribution in [0.3, 0.4) is 0 Å². The lowest BCUT2D eigenvalue weighted by atomic mass is 9.80. The fraction of sp³-hybridized carbons (Fsp3) is 0. The second kappa shape index (κ2) is 2.83. The number of nitrogens with zero attached hydrogens (tertiary/aromatic N) is 1. The number of nitrogens with one attached hydrogen (secondary N) is 1. The zero-order valence-corrected chi connectivity index (χ0v) is 6.53. The Morgan fingerprint density at radius 1 is 1.38 bits per heavy atom. The van der Waals surface area contributed by atoms with E-state index in [0.717, 1.165) is 6.07 Å². The molecular formula is C7H6BFN2O2. The minimum Gasteiger partial charge on any atom is -0.423 e. The minimum atomic E-state index is -1.66. The molecule has 2 aromatic rings. The molecule has 0 unspecified atom stereocenters. The first-order valence-electron chi connectivity index (χ1n) is 3.67. The molecule has 13 heavy (non-hydrogen) atoms. The highest BCUT2D eigenvalue weighted by atomic mass is 19.1. The Hall–Kier alpha value is -1.40. The molecule has 0 fully saturated rings. The molecule has 0 atom stereocenters. The van der Waals surface area contributed by atoms with Crippen LogP contribution in [-0.4, -0.2) is 27.1 Å². The average Bonchev–Trinajstić information content (AvgIpc) is 2.51. The van der Waals surface area contributed by atoms with Crippen LogP contribution in [0.25, 0.3) is 11.0 Å². The normalized spacial score (nSPS) is 10.7. The van der Waals surface area contributed by atoms with Gasteiger partial charge in [-0.25, -0.2) is 9.37 Å². The quantitative estimate of drug-likeness (QED) is 0.512. The first-order valence-corrected chi connectivity index (χ1v) is 3.67. The molecule has 4 nitrogen and oxygen atoms in total. The van der Waals surface area contributed by atoms with Gasteiger partial charge in [-0.2, -0.15) is 0 Å². The smallest absolute Gasteiger partial charge is 0.423 e. The summed E-state index contributed by atoms with van der Waals surface area (Å²) in [5.41, 5.74) is 0.752. The number of hydrogen-bond donors (Lipinski definition) is 3. The molecule has 0 radical (unpaired) electrons. The Balaban J connectivity index is 2.70. The van der Waals surface area contributed by atoms with Crippen LogP contribution in [-0.2, 0) is 0 Å². The summed E-state index contributed by atoms with van der Waals surface area (Å²) in [6, 6.07) is 2.49. The van der Waals surface area contributed by atoms with Crippen molar-refractivity contribution in [3.05, 3.63) is 24.3 Å². The highest BCUT2D eigenvalue weighted by Gasteiger charge is 2.14. The molecule has 1 aromatic carbocycles. The molecule has 3 N–H and O–H groups in total. The van der Waals surface area contributed by atoms with Gasteiger partial charge in [0.05, 0.1) is 11.8 Å². The van der Waals surface area contributed by atoms with Crippen LogP contribution >= 0.6 is 0 Å². The minimum absolute atomic E-state index is 0.106. The van der Waals surface area contributed by atoms with E-state index in [2.05, 4.69) is 9.97 Å². The number of fused-ring (bicyclic) bond motifs is 1. The summed E-state index contributed by atoms with van der Waals surface area (Å²) in [7, 11) is -1.66. The van der Waals surface area contributed by atoms with Crippen molar-refractivity contribution in [3.63, 3.8) is 0 Å². The van der Waals surface area contributed by atoms with Crippen molar-refractivity contribution < 1.29 is 14.4 Å². The molecule has 0 bridgehead atoms. The Morgan fingerprint density at radius 2 is 2.15 bits per heavy atom. The number of imidazole rings is 1. The zero-order chi connectivity index (χ0) is 9.42. The Labute approximate surface area is 73.2 Å². The molecular weight excluding hydrogens is 174 g/mol. The van der Waals surface area contributed by atoms with Crippen molar-refractivity contribution in [1.82, 2.24) is 9.97 Å². The van der Waals surface area contributed by atoms with Gasteiger partial charge in [-0.05, 0) is 17.6 Å². The largest absolute Gasteiger partial charge is 0.488 e. The molecule has 0 aliphatic carbocycles. The molecule has 6 heteroatoms. The number of hydrogen-bond acceptors (Lipinski definition) is 3. The summed E-state index contributed by atoms with van der Waals surface area (Å²) in [6.45, 7) is 0. The van der Waals surface area contributed by atoms with Crippen LogP contribution in [0.2, 0.25) is 0 Å². The number of H-pyrrole nitrogens is 1. The van der Waals surface area contributed by atoms with Crippen molar-refractivity contribution in [2.24, 2.45) is 0 Å². The predicted molar refractivity (Wildman–Crippen MR) is 45.9 cm³/mol. The van der Waals surface area contributed by atoms with Crippen molar-refractivity contribution in [2.75, 3.05) is 0 Å². The van der Waals surface area contributed by atoms with Crippen molar-refractivity contribution in [1.29, 1.82) is 0 Å². The summed E-state index contributed by atoms with van der Waals surface area (Å²) in [5.74, 6) is -0.568. The number of halogens is 1. The van der Waals surface area contributed by atoms with Gasteiger partial charge in [0.25, 0.3) is 0 Å². The van der Waals surface area contributed by atoms with Crippen LogP contribution < -0.4 is 5.46 Å². The first kappa shape index (κ1) is 8.21. The lowest BCUT2D eigenvalue weighted by molar-refractivity contribution is 0.425. The second-order valence-electron chi connectivity index (χ2n) is 2.68. The van der Waals surface area contributed by atoms with Gasteiger partial charge in [-0.1, -0.05) is 0 Å². The Morgan fingerprint density at radius 3 is 2.85 bits per heavy atom. The van der Waals surface area contributed by atoms with Gasteiger partial charge in [0.15, 0.2) is 5.82 Å². The molecule has 0 saturated heterocycles. The van der Waals surface area contributed by atoms with E-state index in [-0.39, 0.29) is 11.0 Å². The fourth-order valence-corrected chi connectivity index (χ4v) is 1.18. The molecule has 2 rings (SSSR count). The number of aromatic amines is 1. The molecule has 1 aromatic heterocycles. The summed E-state index contributed by atoms with van der Waals surface area (Å²) in [5, 5.41) is 17.6. The summed E-state index contributed by atoms with van der Waals surface area (Å²) in [4.78, 5) is 6.41. The highest BCUT2D eigenvalue weighted by Crippen LogP contribution is 2.11. The van der Waals surface area contributed by atoms with E-state index in [0.29, 0.717) is 5.52 Å². The van der Waals surface area contributed by atoms with Crippen LogP contribution in [0.5, 0.6) is 0 Å². The van der Waals surface area contributed by atoms with Crippen LogP contribution in [0.4, 0.5) is 4.39 Å². The molecule has 66 valence electrons. The van der Waals surface area contributed by atoms with E-state index >= 15 is 0 Å². The van der Waals surface area contributed by atoms with E-state index in [9.17, 15) is 4.39 Å². The maximum Gasteiger partial charge on any atom is 0.488 e. The van der Waals surface area contributed by atoms with Crippen molar-refractivity contribution >= 4 is 23.6 Å². The molecule has 0 saturated carbocycles. The molecule has 0 spiro atoms. The zero-order valence-electron chi connectivity index (χ0n) is 6.53. The van der Waals surface area contributed by atoms with E-state index < -0.39 is 12.9 Å². The van der Waals surface area contributed by atoms with Gasteiger partial charge in [0, 0.05) is 0 Å². The van der Waals surface area contributed by atoms with Crippen molar-refractivity contribution in [2.45, 2.75) is 0 Å². The monoisotopic (exact) mass is 180 g/mol. The van der Waals surface area contributed by atoms with Crippen molar-refractivity contribution in [3.8, 4) is 0 Å². The third kappa shape index (κ3) is 1.30. The lowest BCUT2D eigenvalue weighted by Gasteiger charge is -1.99. The second-order valence-corrected chi connectivity index (χ2v) is 2.68. The maximum absolute atomic E-state index is 13.1. The maximum atomic E-state index is 13.1. The summed E-state index contributed by atoms with van der Waals surface area (Å²) < 4.78 is 13.1. The van der Waals surface area contributed by atoms with Gasteiger partial charge in [-0.15, -0.1) is 0 Å². The Kier molecular flexibility index (Phi) is 1.79. The van der Waals surface area contributed by atoms with Gasteiger partial charge in [0.2, 0.25) is 0 Å². The highest BCUT2D eigenvalue weighted by molar-refractivity contribution is 6.58. The van der Waals surface area contributed by atoms with Gasteiger partial charge in [0.1, 0.15) is 5.52 Å². The summed E-state index contributed by atoms with van der Waals surface area (Å²) >= 11 is 0. The molecule has 1 heterocycles. The van der Waals surface area contributed by atoms with E-state index in [1.807, 2.05) is 0 Å². The van der Waals surface area contributed by atoms with Gasteiger partial charge in [-0.3, -0.25) is 0 Å². The predicted octanol–water partition coefficient (Wildman–Crippen LogP) is -0.618. The SMILES string of the molecule is OB(O)c1cc(F)c2nc[nH]c2c1. The third-order valence-electron chi connectivity index (χ3n) is 1.80. The number of benzene rings is 1. The first-order chi connectivity index (χ1) is 6.18. The lowest BCUT2D eigenvalue weighted by Crippen LogP contribution is -2.30. The summed E-state index contributed by atoms with van der Waals surface area (Å²) in [6.07, 6.45) is 1.35. The third-order valence-corrected chi connectivity index (χ3v) is 1.80. The molecule has 0 amide bonds. The van der Waals surface area contributed by atoms with Crippen LogP contribution in [0.1, 0.15) is 0 Å². The van der Waals surface area contributed by atoms with E-state index in [4.69, 9.17) is 10.0 Å². The van der Waals surface area contributed by atoms with Gasteiger partial charge < -0.3 is 15.0 Å². The van der Waals surface area contributed by atoms with Crippen LogP contribution in [0.15, 0.2) is 18.5 Å². The standard InChI is InChI=1S/C7H6BFN2O2/c9-5-1-4(8(12)13)2-6-7(5)11-3-10-6/h1-3,12-13H,(H,10,11). The topological polar surface area (TPSA) is 69.1 Å². The average molecular weight is 180 g/mol. The molecule has 0 aliphatic rings. The van der Waals surface area contributed by atoms with E-state index in [1.54, 1.807) is 0 Å². The number of aromatic nitrogens is 2.